The number of nitrogens with one attached hydrogen (secondary N) is 2. The fraction of sp³-hybridized carbons (Fsp3) is 0.261. The molecule has 0 atom stereocenters. The Morgan fingerprint density at radius 3 is 1.15 bits per heavy atom. The van der Waals surface area contributed by atoms with E-state index in [4.69, 9.17) is 0 Å². The topological polar surface area (TPSA) is 139 Å². The molecule has 6 rings (SSSR count). The first-order valence-electron chi connectivity index (χ1n) is 18.2. The maximum Gasteiger partial charge on any atom is 0.229 e. The largest absolute Gasteiger partial charge is 0.507 e. The second-order valence-electron chi connectivity index (χ2n) is 15.2. The fourth-order valence-electron chi connectivity index (χ4n) is 7.60. The molecule has 0 amide bonds. The minimum absolute atomic E-state index is 0.0577. The number of aliphatic hydroxyl groups excluding tert-OH is 2. The monoisotopic (exact) mass is 724 g/mol. The number of rotatable bonds is 7. The summed E-state index contributed by atoms with van der Waals surface area (Å²) in [5.74, 6) is -3.09. The Labute approximate surface area is 316 Å². The maximum absolute atomic E-state index is 13.9. The predicted molar refractivity (Wildman–Crippen MR) is 219 cm³/mol. The van der Waals surface area contributed by atoms with Crippen molar-refractivity contribution in [1.29, 1.82) is 0 Å². The van der Waals surface area contributed by atoms with Crippen molar-refractivity contribution >= 4 is 45.2 Å². The molecule has 0 radical (unpaired) electrons. The molecule has 4 aromatic rings. The van der Waals surface area contributed by atoms with Crippen LogP contribution in [0.2, 0.25) is 0 Å². The van der Waals surface area contributed by atoms with Crippen molar-refractivity contribution < 1.29 is 30.0 Å². The van der Waals surface area contributed by atoms with Gasteiger partial charge in [-0.2, -0.15) is 0 Å². The second kappa shape index (κ2) is 14.1. The van der Waals surface area contributed by atoms with E-state index in [1.165, 1.54) is 12.4 Å². The summed E-state index contributed by atoms with van der Waals surface area (Å²) in [6.07, 6.45) is 2.99. The molecule has 0 aliphatic heterocycles. The van der Waals surface area contributed by atoms with Crippen molar-refractivity contribution in [2.45, 2.75) is 69.2 Å². The summed E-state index contributed by atoms with van der Waals surface area (Å²) in [4.78, 5) is 27.9. The van der Waals surface area contributed by atoms with Gasteiger partial charge in [-0.3, -0.25) is 9.59 Å². The van der Waals surface area contributed by atoms with Gasteiger partial charge < -0.3 is 31.1 Å². The molecular formula is C46H48N2O6. The highest BCUT2D eigenvalue weighted by molar-refractivity contribution is 6.35. The highest BCUT2D eigenvalue weighted by Crippen LogP contribution is 2.53. The van der Waals surface area contributed by atoms with Gasteiger partial charge in [-0.1, -0.05) is 52.0 Å². The van der Waals surface area contributed by atoms with Gasteiger partial charge in [0, 0.05) is 57.2 Å². The van der Waals surface area contributed by atoms with Gasteiger partial charge in [-0.25, -0.2) is 0 Å². The number of carbonyl (C=O) groups excluding carboxylic acids is 2. The van der Waals surface area contributed by atoms with Gasteiger partial charge in [-0.05, 0) is 122 Å². The molecule has 8 heteroatoms. The number of aryl methyl sites for hydroxylation is 6. The van der Waals surface area contributed by atoms with Crippen molar-refractivity contribution in [1.82, 2.24) is 0 Å². The lowest BCUT2D eigenvalue weighted by molar-refractivity contribution is -0.113. The molecule has 6 N–H and O–H groups in total. The summed E-state index contributed by atoms with van der Waals surface area (Å²) >= 11 is 0. The molecule has 0 spiro atoms. The van der Waals surface area contributed by atoms with E-state index in [0.717, 1.165) is 33.6 Å². The number of benzene rings is 4. The summed E-state index contributed by atoms with van der Waals surface area (Å²) in [6, 6.07) is 15.2. The zero-order valence-corrected chi connectivity index (χ0v) is 32.5. The third kappa shape index (κ3) is 6.25. The number of hydrogen-bond acceptors (Lipinski definition) is 8. The maximum atomic E-state index is 13.9. The highest BCUT2D eigenvalue weighted by atomic mass is 16.3. The lowest BCUT2D eigenvalue weighted by Gasteiger charge is -2.29. The van der Waals surface area contributed by atoms with Crippen LogP contribution < -0.4 is 10.6 Å². The number of fused-ring (bicyclic) bond motifs is 2. The van der Waals surface area contributed by atoms with Crippen LogP contribution in [0.15, 0.2) is 72.4 Å². The smallest absolute Gasteiger partial charge is 0.229 e. The first-order valence-corrected chi connectivity index (χ1v) is 18.2. The number of aliphatic hydroxyl groups is 2. The van der Waals surface area contributed by atoms with Crippen molar-refractivity contribution in [3.8, 4) is 22.6 Å². The third-order valence-electron chi connectivity index (χ3n) is 10.7. The van der Waals surface area contributed by atoms with Crippen LogP contribution in [0, 0.1) is 53.4 Å². The minimum Gasteiger partial charge on any atom is -0.507 e. The van der Waals surface area contributed by atoms with Crippen LogP contribution in [-0.4, -0.2) is 32.0 Å². The zero-order valence-electron chi connectivity index (χ0n) is 32.5. The van der Waals surface area contributed by atoms with E-state index < -0.39 is 11.6 Å². The van der Waals surface area contributed by atoms with E-state index >= 15 is 0 Å². The van der Waals surface area contributed by atoms with Crippen LogP contribution in [0.4, 0.5) is 11.4 Å². The molecule has 2 aliphatic rings. The van der Waals surface area contributed by atoms with E-state index in [2.05, 4.69) is 10.6 Å². The van der Waals surface area contributed by atoms with Crippen LogP contribution >= 0.6 is 0 Å². The van der Waals surface area contributed by atoms with Gasteiger partial charge >= 0.3 is 0 Å². The number of hydrogen-bond donors (Lipinski definition) is 6. The van der Waals surface area contributed by atoms with Crippen LogP contribution in [0.1, 0.15) is 83.3 Å². The minimum atomic E-state index is -0.644. The summed E-state index contributed by atoms with van der Waals surface area (Å²) in [5, 5.41) is 53.7. The SMILES string of the molecule is Cc1ccc(N/C=C2\C(=O)C(O)=C(C(C)C)c3cc(C)c(-c4c(C)cc5c(c4O)/C(=C\Nc4ccc(C)c(C)c4)C(=O)C(O)=C5C(C)C)c(O)c32)cc1C. The summed E-state index contributed by atoms with van der Waals surface area (Å²) in [6.45, 7) is 19.1. The van der Waals surface area contributed by atoms with Crippen molar-refractivity contribution in [2.75, 3.05) is 10.6 Å². The zero-order chi connectivity index (χ0) is 39.5. The number of allylic oxidation sites excluding steroid dienone is 4. The third-order valence-corrected chi connectivity index (χ3v) is 10.7. The quantitative estimate of drug-likeness (QED) is 0.104. The van der Waals surface area contributed by atoms with Gasteiger partial charge in [-0.15, -0.1) is 0 Å². The predicted octanol–water partition coefficient (Wildman–Crippen LogP) is 10.5. The second-order valence-corrected chi connectivity index (χ2v) is 15.2. The van der Waals surface area contributed by atoms with E-state index in [1.54, 1.807) is 13.8 Å². The molecule has 8 nitrogen and oxygen atoms in total. The van der Waals surface area contributed by atoms with Crippen LogP contribution in [0.5, 0.6) is 11.5 Å². The van der Waals surface area contributed by atoms with Crippen molar-refractivity contribution in [3.63, 3.8) is 0 Å². The number of phenols is 2. The molecule has 0 saturated heterocycles. The Bertz CT molecular complexity index is 2250. The van der Waals surface area contributed by atoms with E-state index in [0.29, 0.717) is 33.4 Å². The Hall–Kier alpha value is -6.02. The molecule has 0 unspecified atom stereocenters. The molecule has 4 aromatic carbocycles. The molecule has 54 heavy (non-hydrogen) atoms. The molecule has 0 bridgehead atoms. The lowest BCUT2D eigenvalue weighted by Crippen LogP contribution is -2.20. The molecule has 0 aromatic heterocycles. The Morgan fingerprint density at radius 2 is 0.833 bits per heavy atom. The van der Waals surface area contributed by atoms with E-state index in [-0.39, 0.29) is 68.3 Å². The molecule has 2 aliphatic carbocycles. The van der Waals surface area contributed by atoms with E-state index in [1.807, 2.05) is 104 Å². The average Bonchev–Trinajstić information content (AvgIpc) is 3.09. The normalized spacial score (nSPS) is 15.9. The number of anilines is 2. The van der Waals surface area contributed by atoms with E-state index in [9.17, 15) is 30.0 Å². The van der Waals surface area contributed by atoms with Crippen molar-refractivity contribution in [2.24, 2.45) is 11.8 Å². The van der Waals surface area contributed by atoms with Crippen molar-refractivity contribution in [3.05, 3.63) is 128 Å². The van der Waals surface area contributed by atoms with Crippen LogP contribution in [-0.2, 0) is 9.59 Å². The molecule has 0 heterocycles. The van der Waals surface area contributed by atoms with Crippen LogP contribution in [0.3, 0.4) is 0 Å². The standard InChI is InChI=1S/C46H48N2O6/c1-21(2)35-31-17-27(9)37(43(51)39(31)33(41(49)45(35)53)19-47-29-13-11-23(5)25(7)15-29)38-28(10)18-32-36(22(3)4)46(54)42(50)34(40(32)44(38)52)20-48-30-14-12-24(6)26(8)16-30/h11-22,47-48,51-54H,1-10H3/b33-19-,34-20+. The Balaban J connectivity index is 1.62. The van der Waals surface area contributed by atoms with Gasteiger partial charge in [0.25, 0.3) is 0 Å². The first kappa shape index (κ1) is 37.7. The Kier molecular flexibility index (Phi) is 9.84. The van der Waals surface area contributed by atoms with Gasteiger partial charge in [0.2, 0.25) is 11.6 Å². The van der Waals surface area contributed by atoms with Gasteiger partial charge in [0.05, 0.1) is 11.1 Å². The number of ketones is 2. The Morgan fingerprint density at radius 1 is 0.481 bits per heavy atom. The first-order chi connectivity index (χ1) is 25.4. The fourth-order valence-corrected chi connectivity index (χ4v) is 7.60. The average molecular weight is 725 g/mol. The lowest BCUT2D eigenvalue weighted by atomic mass is 9.75. The molecule has 0 fully saturated rings. The highest BCUT2D eigenvalue weighted by Gasteiger charge is 2.38. The molecule has 0 saturated carbocycles. The number of phenolic OH excluding ortho intramolecular Hbond substituents is 2. The number of aromatic hydroxyl groups is 2. The number of carbonyl (C=O) groups is 2. The van der Waals surface area contributed by atoms with Gasteiger partial charge in [0.15, 0.2) is 11.5 Å². The number of Topliss-reactive ketones (excluding diaryl/α,β-unsaturated/α-hetero) is 2. The molecular weight excluding hydrogens is 677 g/mol. The van der Waals surface area contributed by atoms with Crippen LogP contribution in [0.25, 0.3) is 33.4 Å². The summed E-state index contributed by atoms with van der Waals surface area (Å²) in [7, 11) is 0. The summed E-state index contributed by atoms with van der Waals surface area (Å²) < 4.78 is 0. The van der Waals surface area contributed by atoms with Gasteiger partial charge in [0.1, 0.15) is 11.5 Å². The molecule has 278 valence electrons. The summed E-state index contributed by atoms with van der Waals surface area (Å²) in [5.41, 5.74) is 9.88.